The van der Waals surface area contributed by atoms with E-state index in [4.69, 9.17) is 0 Å². The predicted octanol–water partition coefficient (Wildman–Crippen LogP) is 2.00. The summed E-state index contributed by atoms with van der Waals surface area (Å²) in [6.07, 6.45) is 9.61. The van der Waals surface area contributed by atoms with Gasteiger partial charge in [0.1, 0.15) is 0 Å². The van der Waals surface area contributed by atoms with Crippen LogP contribution in [0.2, 0.25) is 0 Å². The molecule has 1 amide bonds. The van der Waals surface area contributed by atoms with Gasteiger partial charge in [-0.25, -0.2) is 0 Å². The number of nitrogens with one attached hydrogen (secondary N) is 2. The Morgan fingerprint density at radius 1 is 1.38 bits per heavy atom. The van der Waals surface area contributed by atoms with Crippen LogP contribution in [-0.4, -0.2) is 35.2 Å². The molecule has 1 aliphatic carbocycles. The minimum Gasteiger partial charge on any atom is -0.385 e. The number of allylic oxidation sites excluding steroid dienone is 3. The third-order valence-corrected chi connectivity index (χ3v) is 3.82. The van der Waals surface area contributed by atoms with Crippen molar-refractivity contribution in [2.45, 2.75) is 13.3 Å². The third kappa shape index (κ3) is 2.20. The molecule has 2 N–H and O–H groups in total. The molecule has 5 heteroatoms. The fourth-order valence-electron chi connectivity index (χ4n) is 2.70. The second-order valence-corrected chi connectivity index (χ2v) is 5.21. The SMILES string of the molecule is Cc1[nH]c2c(c1C(=O)N(C)C1=CC=CNC1)C(=O)CC=C2. The van der Waals surface area contributed by atoms with Gasteiger partial charge in [-0.15, -0.1) is 0 Å². The molecule has 0 unspecified atom stereocenters. The fraction of sp³-hybridized carbons (Fsp3) is 0.250. The van der Waals surface area contributed by atoms with Crippen molar-refractivity contribution < 1.29 is 9.59 Å². The van der Waals surface area contributed by atoms with Gasteiger partial charge in [-0.05, 0) is 31.4 Å². The number of carbonyl (C=O) groups is 2. The summed E-state index contributed by atoms with van der Waals surface area (Å²) in [4.78, 5) is 29.6. The molecule has 0 spiro atoms. The lowest BCUT2D eigenvalue weighted by Crippen LogP contribution is -2.32. The summed E-state index contributed by atoms with van der Waals surface area (Å²) in [5.74, 6) is -0.166. The van der Waals surface area contributed by atoms with E-state index >= 15 is 0 Å². The van der Waals surface area contributed by atoms with Crippen molar-refractivity contribution >= 4 is 17.8 Å². The van der Waals surface area contributed by atoms with Gasteiger partial charge >= 0.3 is 0 Å². The highest BCUT2D eigenvalue weighted by Crippen LogP contribution is 2.27. The Hall–Kier alpha value is -2.56. The number of aromatic nitrogens is 1. The van der Waals surface area contributed by atoms with Crippen LogP contribution >= 0.6 is 0 Å². The van der Waals surface area contributed by atoms with E-state index in [1.807, 2.05) is 37.4 Å². The Balaban J connectivity index is 2.01. The van der Waals surface area contributed by atoms with Crippen molar-refractivity contribution in [1.82, 2.24) is 15.2 Å². The molecular weight excluding hydrogens is 266 g/mol. The maximum atomic E-state index is 12.8. The number of amides is 1. The van der Waals surface area contributed by atoms with Crippen LogP contribution in [0.1, 0.15) is 38.5 Å². The summed E-state index contributed by atoms with van der Waals surface area (Å²) in [6, 6.07) is 0. The lowest BCUT2D eigenvalue weighted by Gasteiger charge is -2.23. The number of likely N-dealkylation sites (N-methyl/N-ethyl adjacent to an activating group) is 1. The van der Waals surface area contributed by atoms with Gasteiger partial charge in [-0.1, -0.05) is 6.08 Å². The number of hydrogen-bond acceptors (Lipinski definition) is 3. The van der Waals surface area contributed by atoms with E-state index in [1.165, 1.54) is 0 Å². The van der Waals surface area contributed by atoms with Gasteiger partial charge in [0.25, 0.3) is 5.91 Å². The number of rotatable bonds is 2. The molecule has 0 saturated carbocycles. The number of Topliss-reactive ketones (excluding diaryl/α,β-unsaturated/α-hetero) is 1. The quantitative estimate of drug-likeness (QED) is 0.872. The Morgan fingerprint density at radius 3 is 2.90 bits per heavy atom. The second kappa shape index (κ2) is 5.09. The molecule has 2 heterocycles. The van der Waals surface area contributed by atoms with Gasteiger partial charge in [0.15, 0.2) is 5.78 Å². The maximum Gasteiger partial charge on any atom is 0.260 e. The van der Waals surface area contributed by atoms with E-state index in [1.54, 1.807) is 11.9 Å². The highest BCUT2D eigenvalue weighted by atomic mass is 16.2. The van der Waals surface area contributed by atoms with Crippen molar-refractivity contribution in [2.24, 2.45) is 0 Å². The molecule has 0 fully saturated rings. The Labute approximate surface area is 123 Å². The molecule has 108 valence electrons. The van der Waals surface area contributed by atoms with E-state index in [0.29, 0.717) is 24.1 Å². The second-order valence-electron chi connectivity index (χ2n) is 5.21. The van der Waals surface area contributed by atoms with Crippen molar-refractivity contribution in [2.75, 3.05) is 13.6 Å². The molecule has 0 aromatic carbocycles. The predicted molar refractivity (Wildman–Crippen MR) is 80.8 cm³/mol. The summed E-state index contributed by atoms with van der Waals surface area (Å²) >= 11 is 0. The topological polar surface area (TPSA) is 65.2 Å². The highest BCUT2D eigenvalue weighted by molar-refractivity contribution is 6.12. The summed E-state index contributed by atoms with van der Waals surface area (Å²) in [6.45, 7) is 2.42. The smallest absolute Gasteiger partial charge is 0.260 e. The zero-order valence-electron chi connectivity index (χ0n) is 12.1. The number of dihydropyridines is 1. The van der Waals surface area contributed by atoms with Crippen molar-refractivity contribution in [3.8, 4) is 0 Å². The number of H-pyrrole nitrogens is 1. The van der Waals surface area contributed by atoms with Crippen LogP contribution in [0, 0.1) is 6.92 Å². The highest BCUT2D eigenvalue weighted by Gasteiger charge is 2.29. The van der Waals surface area contributed by atoms with Crippen molar-refractivity contribution in [3.63, 3.8) is 0 Å². The van der Waals surface area contributed by atoms with Gasteiger partial charge in [0, 0.05) is 30.6 Å². The third-order valence-electron chi connectivity index (χ3n) is 3.82. The van der Waals surface area contributed by atoms with Crippen LogP contribution in [0.3, 0.4) is 0 Å². The molecule has 5 nitrogen and oxygen atoms in total. The Morgan fingerprint density at radius 2 is 2.19 bits per heavy atom. The average molecular weight is 283 g/mol. The molecular formula is C16H17N3O2. The number of ketones is 1. The van der Waals surface area contributed by atoms with Crippen LogP contribution < -0.4 is 5.32 Å². The Kier molecular flexibility index (Phi) is 3.25. The normalized spacial score (nSPS) is 16.3. The number of nitrogens with zero attached hydrogens (tertiary/aromatic N) is 1. The van der Waals surface area contributed by atoms with Crippen LogP contribution in [0.5, 0.6) is 0 Å². The largest absolute Gasteiger partial charge is 0.385 e. The monoisotopic (exact) mass is 283 g/mol. The first-order valence-electron chi connectivity index (χ1n) is 6.89. The first-order chi connectivity index (χ1) is 10.1. The lowest BCUT2D eigenvalue weighted by molar-refractivity contribution is 0.0826. The van der Waals surface area contributed by atoms with Crippen LogP contribution in [0.25, 0.3) is 6.08 Å². The van der Waals surface area contributed by atoms with Gasteiger partial charge in [-0.2, -0.15) is 0 Å². The number of carbonyl (C=O) groups excluding carboxylic acids is 2. The van der Waals surface area contributed by atoms with Crippen LogP contribution in [0.15, 0.2) is 30.1 Å². The minimum atomic E-state index is -0.156. The molecule has 1 aromatic rings. The molecule has 2 aliphatic rings. The number of aryl methyl sites for hydroxylation is 1. The number of aromatic amines is 1. The summed E-state index contributed by atoms with van der Waals surface area (Å²) < 4.78 is 0. The molecule has 1 aliphatic heterocycles. The zero-order valence-corrected chi connectivity index (χ0v) is 12.1. The fourth-order valence-corrected chi connectivity index (χ4v) is 2.70. The standard InChI is InChI=1S/C16H17N3O2/c1-10-14(15-12(18-10)6-3-7-13(15)20)16(21)19(2)11-5-4-8-17-9-11/h3-6,8,17-18H,7,9H2,1-2H3. The average Bonchev–Trinajstić information content (AvgIpc) is 2.84. The van der Waals surface area contributed by atoms with E-state index in [2.05, 4.69) is 10.3 Å². The number of fused-ring (bicyclic) bond motifs is 1. The van der Waals surface area contributed by atoms with E-state index in [9.17, 15) is 9.59 Å². The number of hydrogen-bond donors (Lipinski definition) is 2. The first kappa shape index (κ1) is 13.4. The van der Waals surface area contributed by atoms with Gasteiger partial charge in [0.2, 0.25) is 0 Å². The van der Waals surface area contributed by atoms with Gasteiger partial charge in [-0.3, -0.25) is 9.59 Å². The molecule has 1 aromatic heterocycles. The van der Waals surface area contributed by atoms with Gasteiger partial charge < -0.3 is 15.2 Å². The van der Waals surface area contributed by atoms with Crippen molar-refractivity contribution in [1.29, 1.82) is 0 Å². The minimum absolute atomic E-state index is 0.00996. The summed E-state index contributed by atoms with van der Waals surface area (Å²) in [7, 11) is 1.73. The molecule has 3 rings (SSSR count). The Bertz CT molecular complexity index is 707. The van der Waals surface area contributed by atoms with Crippen molar-refractivity contribution in [3.05, 3.63) is 52.6 Å². The van der Waals surface area contributed by atoms with E-state index in [0.717, 1.165) is 17.1 Å². The molecule has 0 atom stereocenters. The maximum absolute atomic E-state index is 12.8. The van der Waals surface area contributed by atoms with Crippen LogP contribution in [0.4, 0.5) is 0 Å². The molecule has 0 radical (unpaired) electrons. The molecule has 0 saturated heterocycles. The van der Waals surface area contributed by atoms with Crippen LogP contribution in [-0.2, 0) is 0 Å². The molecule has 21 heavy (non-hydrogen) atoms. The first-order valence-corrected chi connectivity index (χ1v) is 6.89. The van der Waals surface area contributed by atoms with E-state index in [-0.39, 0.29) is 11.7 Å². The molecule has 0 bridgehead atoms. The van der Waals surface area contributed by atoms with Gasteiger partial charge in [0.05, 0.1) is 17.7 Å². The lowest BCUT2D eigenvalue weighted by atomic mass is 9.97. The summed E-state index contributed by atoms with van der Waals surface area (Å²) in [5, 5.41) is 3.07. The summed E-state index contributed by atoms with van der Waals surface area (Å²) in [5.41, 5.74) is 3.34. The zero-order chi connectivity index (χ0) is 15.0. The van der Waals surface area contributed by atoms with E-state index < -0.39 is 0 Å².